The second kappa shape index (κ2) is 5.73. The van der Waals surface area contributed by atoms with Crippen LogP contribution in [0.4, 0.5) is 0 Å². The van der Waals surface area contributed by atoms with Crippen LogP contribution >= 0.6 is 0 Å². The van der Waals surface area contributed by atoms with Gasteiger partial charge in [-0.3, -0.25) is 0 Å². The summed E-state index contributed by atoms with van der Waals surface area (Å²) in [5, 5.41) is 18.6. The van der Waals surface area contributed by atoms with Crippen LogP contribution in [-0.2, 0) is 0 Å². The molecule has 15 heavy (non-hydrogen) atoms. The molecule has 0 bridgehead atoms. The third-order valence-corrected chi connectivity index (χ3v) is 2.14. The summed E-state index contributed by atoms with van der Waals surface area (Å²) >= 11 is 0. The molecule has 1 unspecified atom stereocenters. The van der Waals surface area contributed by atoms with Crippen molar-refractivity contribution < 1.29 is 14.9 Å². The Balaban J connectivity index is 2.56. The number of benzene rings is 1. The van der Waals surface area contributed by atoms with Gasteiger partial charge in [-0.2, -0.15) is 0 Å². The molecule has 0 saturated carbocycles. The maximum atomic E-state index is 9.56. The summed E-state index contributed by atoms with van der Waals surface area (Å²) in [5.74, 6) is 0.711. The molecule has 0 fully saturated rings. The molecule has 0 saturated heterocycles. The van der Waals surface area contributed by atoms with E-state index in [0.29, 0.717) is 12.2 Å². The fraction of sp³-hybridized carbons (Fsp3) is 0.500. The number of aliphatic hydroxyl groups excluding tert-OH is 2. The minimum Gasteiger partial charge on any atom is -0.491 e. The Morgan fingerprint density at radius 1 is 1.20 bits per heavy atom. The fourth-order valence-electron chi connectivity index (χ4n) is 1.24. The summed E-state index contributed by atoms with van der Waals surface area (Å²) in [7, 11) is 0. The summed E-state index contributed by atoms with van der Waals surface area (Å²) in [5.41, 5.74) is 0.891. The molecule has 84 valence electrons. The van der Waals surface area contributed by atoms with Gasteiger partial charge in [-0.25, -0.2) is 0 Å². The van der Waals surface area contributed by atoms with Crippen molar-refractivity contribution in [3.63, 3.8) is 0 Å². The first-order valence-electron chi connectivity index (χ1n) is 5.22. The van der Waals surface area contributed by atoms with Crippen molar-refractivity contribution in [3.8, 4) is 5.75 Å². The average Bonchev–Trinajstić information content (AvgIpc) is 2.26. The Morgan fingerprint density at radius 3 is 2.27 bits per heavy atom. The molecule has 1 aromatic rings. The van der Waals surface area contributed by atoms with Gasteiger partial charge in [0.15, 0.2) is 0 Å². The number of hydrogen-bond acceptors (Lipinski definition) is 3. The normalized spacial score (nSPS) is 14.7. The smallest absolute Gasteiger partial charge is 0.119 e. The van der Waals surface area contributed by atoms with Crippen molar-refractivity contribution in [1.82, 2.24) is 0 Å². The lowest BCUT2D eigenvalue weighted by Crippen LogP contribution is -2.12. The van der Waals surface area contributed by atoms with E-state index in [1.54, 1.807) is 19.1 Å². The Hall–Kier alpha value is -1.06. The SMILES string of the molecule is CC[C@@H](O)c1ccc(OCC(C)O)cc1. The molecule has 3 heteroatoms. The van der Waals surface area contributed by atoms with Crippen LogP contribution in [0, 0.1) is 0 Å². The standard InChI is InChI=1S/C12H18O3/c1-3-12(14)10-4-6-11(7-5-10)15-8-9(2)13/h4-7,9,12-14H,3,8H2,1-2H3/t9?,12-/m1/s1. The van der Waals surface area contributed by atoms with Crippen molar-refractivity contribution in [3.05, 3.63) is 29.8 Å². The average molecular weight is 210 g/mol. The second-order valence-corrected chi connectivity index (χ2v) is 3.65. The van der Waals surface area contributed by atoms with E-state index in [1.165, 1.54) is 0 Å². The van der Waals surface area contributed by atoms with E-state index in [0.717, 1.165) is 5.56 Å². The van der Waals surface area contributed by atoms with Crippen LogP contribution < -0.4 is 4.74 Å². The number of aliphatic hydroxyl groups is 2. The van der Waals surface area contributed by atoms with E-state index in [-0.39, 0.29) is 6.61 Å². The number of hydrogen-bond donors (Lipinski definition) is 2. The molecule has 0 aliphatic heterocycles. The summed E-state index contributed by atoms with van der Waals surface area (Å²) in [6, 6.07) is 7.28. The van der Waals surface area contributed by atoms with Crippen LogP contribution in [0.5, 0.6) is 5.75 Å². The van der Waals surface area contributed by atoms with Gasteiger partial charge in [0.1, 0.15) is 12.4 Å². The van der Waals surface area contributed by atoms with Gasteiger partial charge >= 0.3 is 0 Å². The first-order valence-corrected chi connectivity index (χ1v) is 5.22. The third kappa shape index (κ3) is 3.90. The molecule has 0 aliphatic rings. The van der Waals surface area contributed by atoms with Crippen LogP contribution in [0.15, 0.2) is 24.3 Å². The van der Waals surface area contributed by atoms with Gasteiger partial charge < -0.3 is 14.9 Å². The molecule has 0 radical (unpaired) electrons. The lowest BCUT2D eigenvalue weighted by Gasteiger charge is -2.10. The van der Waals surface area contributed by atoms with Crippen molar-refractivity contribution >= 4 is 0 Å². The molecule has 2 N–H and O–H groups in total. The molecular weight excluding hydrogens is 192 g/mol. The first-order chi connectivity index (χ1) is 7.13. The van der Waals surface area contributed by atoms with Gasteiger partial charge in [0.25, 0.3) is 0 Å². The van der Waals surface area contributed by atoms with Crippen LogP contribution in [0.2, 0.25) is 0 Å². The highest BCUT2D eigenvalue weighted by atomic mass is 16.5. The Morgan fingerprint density at radius 2 is 1.80 bits per heavy atom. The monoisotopic (exact) mass is 210 g/mol. The Bertz CT molecular complexity index is 279. The molecule has 1 rings (SSSR count). The van der Waals surface area contributed by atoms with E-state index in [4.69, 9.17) is 9.84 Å². The highest BCUT2D eigenvalue weighted by Crippen LogP contribution is 2.19. The predicted molar refractivity (Wildman–Crippen MR) is 58.9 cm³/mol. The van der Waals surface area contributed by atoms with Gasteiger partial charge in [0.05, 0.1) is 12.2 Å². The second-order valence-electron chi connectivity index (χ2n) is 3.65. The van der Waals surface area contributed by atoms with Crippen molar-refractivity contribution in [2.75, 3.05) is 6.61 Å². The van der Waals surface area contributed by atoms with Gasteiger partial charge in [-0.1, -0.05) is 19.1 Å². The number of ether oxygens (including phenoxy) is 1. The van der Waals surface area contributed by atoms with E-state index in [9.17, 15) is 5.11 Å². The van der Waals surface area contributed by atoms with Crippen molar-refractivity contribution in [1.29, 1.82) is 0 Å². The molecule has 1 aromatic carbocycles. The van der Waals surface area contributed by atoms with Gasteiger partial charge in [0, 0.05) is 0 Å². The quantitative estimate of drug-likeness (QED) is 0.780. The maximum Gasteiger partial charge on any atom is 0.119 e. The molecule has 3 nitrogen and oxygen atoms in total. The number of rotatable bonds is 5. The van der Waals surface area contributed by atoms with Crippen LogP contribution in [0.1, 0.15) is 31.9 Å². The van der Waals surface area contributed by atoms with Crippen molar-refractivity contribution in [2.45, 2.75) is 32.5 Å². The van der Waals surface area contributed by atoms with Crippen LogP contribution in [0.25, 0.3) is 0 Å². The Labute approximate surface area is 90.3 Å². The molecule has 2 atom stereocenters. The molecular formula is C12H18O3. The third-order valence-electron chi connectivity index (χ3n) is 2.14. The van der Waals surface area contributed by atoms with E-state index in [2.05, 4.69) is 0 Å². The molecule has 0 amide bonds. The highest BCUT2D eigenvalue weighted by molar-refractivity contribution is 5.28. The summed E-state index contributed by atoms with van der Waals surface area (Å²) in [6.45, 7) is 3.90. The molecule has 0 spiro atoms. The lowest BCUT2D eigenvalue weighted by atomic mass is 10.1. The van der Waals surface area contributed by atoms with Crippen LogP contribution in [0.3, 0.4) is 0 Å². The molecule has 0 aliphatic carbocycles. The summed E-state index contributed by atoms with van der Waals surface area (Å²) in [6.07, 6.45) is -0.171. The van der Waals surface area contributed by atoms with Gasteiger partial charge in [0.2, 0.25) is 0 Å². The minimum absolute atomic E-state index is 0.287. The summed E-state index contributed by atoms with van der Waals surface area (Å²) < 4.78 is 5.30. The highest BCUT2D eigenvalue weighted by Gasteiger charge is 2.04. The summed E-state index contributed by atoms with van der Waals surface area (Å²) in [4.78, 5) is 0. The van der Waals surface area contributed by atoms with Gasteiger partial charge in [-0.05, 0) is 31.0 Å². The largest absolute Gasteiger partial charge is 0.491 e. The zero-order chi connectivity index (χ0) is 11.3. The zero-order valence-electron chi connectivity index (χ0n) is 9.18. The predicted octanol–water partition coefficient (Wildman–Crippen LogP) is 1.89. The first kappa shape index (κ1) is 12.0. The van der Waals surface area contributed by atoms with E-state index < -0.39 is 12.2 Å². The van der Waals surface area contributed by atoms with E-state index >= 15 is 0 Å². The molecule has 0 heterocycles. The Kier molecular flexibility index (Phi) is 4.59. The molecule has 0 aromatic heterocycles. The van der Waals surface area contributed by atoms with Crippen molar-refractivity contribution in [2.24, 2.45) is 0 Å². The fourth-order valence-corrected chi connectivity index (χ4v) is 1.24. The minimum atomic E-state index is -0.467. The maximum absolute atomic E-state index is 9.56. The lowest BCUT2D eigenvalue weighted by molar-refractivity contribution is 0.122. The van der Waals surface area contributed by atoms with E-state index in [1.807, 2.05) is 19.1 Å². The topological polar surface area (TPSA) is 49.7 Å². The van der Waals surface area contributed by atoms with Crippen LogP contribution in [-0.4, -0.2) is 22.9 Å². The van der Waals surface area contributed by atoms with Gasteiger partial charge in [-0.15, -0.1) is 0 Å². The zero-order valence-corrected chi connectivity index (χ0v) is 9.18.